The molecule has 2 N–H and O–H groups in total. The van der Waals surface area contributed by atoms with Gasteiger partial charge in [-0.15, -0.1) is 0 Å². The molecule has 0 atom stereocenters. The van der Waals surface area contributed by atoms with E-state index in [9.17, 15) is 0 Å². The van der Waals surface area contributed by atoms with Gasteiger partial charge in [0.15, 0.2) is 5.82 Å². The number of nitrogen functional groups attached to an aromatic ring is 1. The van der Waals surface area contributed by atoms with E-state index in [1.165, 1.54) is 0 Å². The number of halogens is 1. The van der Waals surface area contributed by atoms with Gasteiger partial charge in [0.05, 0.1) is 11.6 Å². The lowest BCUT2D eigenvalue weighted by atomic mass is 10.1. The average molecular weight is 278 g/mol. The third kappa shape index (κ3) is 2.96. The molecule has 0 fully saturated rings. The maximum atomic E-state index is 6.20. The minimum atomic E-state index is 0.451. The number of anilines is 1. The van der Waals surface area contributed by atoms with Gasteiger partial charge in [0, 0.05) is 17.3 Å². The van der Waals surface area contributed by atoms with Crippen molar-refractivity contribution in [1.29, 1.82) is 0 Å². The molecule has 0 saturated carbocycles. The molecule has 0 aliphatic heterocycles. The predicted octanol–water partition coefficient (Wildman–Crippen LogP) is 3.39. The summed E-state index contributed by atoms with van der Waals surface area (Å²) in [7, 11) is 0. The number of hydrogen-bond acceptors (Lipinski definition) is 4. The first kappa shape index (κ1) is 13.6. The van der Waals surface area contributed by atoms with Gasteiger partial charge >= 0.3 is 0 Å². The lowest BCUT2D eigenvalue weighted by Gasteiger charge is -2.11. The monoisotopic (exact) mass is 277 g/mol. The minimum absolute atomic E-state index is 0.451. The molecule has 0 saturated heterocycles. The summed E-state index contributed by atoms with van der Waals surface area (Å²) in [5.41, 5.74) is 8.44. The molecule has 4 nitrogen and oxygen atoms in total. The van der Waals surface area contributed by atoms with E-state index in [0.717, 1.165) is 16.8 Å². The first-order chi connectivity index (χ1) is 9.01. The Labute approximate surface area is 117 Å². The second-order valence-electron chi connectivity index (χ2n) is 4.29. The largest absolute Gasteiger partial charge is 0.492 e. The van der Waals surface area contributed by atoms with Gasteiger partial charge in [-0.1, -0.05) is 11.6 Å². The van der Waals surface area contributed by atoms with Crippen LogP contribution in [0.5, 0.6) is 5.75 Å². The highest BCUT2D eigenvalue weighted by Gasteiger charge is 2.11. The highest BCUT2D eigenvalue weighted by Crippen LogP contribution is 2.32. The Bertz CT molecular complexity index is 594. The molecule has 0 amide bonds. The van der Waals surface area contributed by atoms with Crippen LogP contribution in [0.25, 0.3) is 11.4 Å². The molecule has 0 aliphatic carbocycles. The lowest BCUT2D eigenvalue weighted by Crippen LogP contribution is -2.00. The van der Waals surface area contributed by atoms with Crippen LogP contribution in [0.4, 0.5) is 5.82 Å². The van der Waals surface area contributed by atoms with Gasteiger partial charge in [-0.25, -0.2) is 9.97 Å². The number of nitrogens with two attached hydrogens (primary N) is 1. The van der Waals surface area contributed by atoms with Crippen LogP contribution in [0.15, 0.2) is 18.2 Å². The van der Waals surface area contributed by atoms with Crippen LogP contribution in [0.3, 0.4) is 0 Å². The van der Waals surface area contributed by atoms with Crippen molar-refractivity contribution in [3.8, 4) is 17.1 Å². The Morgan fingerprint density at radius 1 is 1.21 bits per heavy atom. The summed E-state index contributed by atoms with van der Waals surface area (Å²) in [6.45, 7) is 6.35. The van der Waals surface area contributed by atoms with E-state index < -0.39 is 0 Å². The van der Waals surface area contributed by atoms with E-state index >= 15 is 0 Å². The Morgan fingerprint density at radius 2 is 1.95 bits per heavy atom. The second-order valence-corrected chi connectivity index (χ2v) is 4.70. The Morgan fingerprint density at radius 3 is 2.58 bits per heavy atom. The molecule has 0 spiro atoms. The molecule has 2 rings (SSSR count). The molecule has 1 aromatic heterocycles. The number of rotatable bonds is 3. The number of benzene rings is 1. The summed E-state index contributed by atoms with van der Waals surface area (Å²) < 4.78 is 5.46. The molecular formula is C14H16ClN3O. The van der Waals surface area contributed by atoms with E-state index in [2.05, 4.69) is 9.97 Å². The van der Waals surface area contributed by atoms with Crippen LogP contribution in [0, 0.1) is 13.8 Å². The molecular weight excluding hydrogens is 262 g/mol. The van der Waals surface area contributed by atoms with E-state index in [0.29, 0.717) is 29.0 Å². The van der Waals surface area contributed by atoms with Crippen LogP contribution in [-0.2, 0) is 0 Å². The first-order valence-corrected chi connectivity index (χ1v) is 6.43. The summed E-state index contributed by atoms with van der Waals surface area (Å²) in [6.07, 6.45) is 0. The van der Waals surface area contributed by atoms with Gasteiger partial charge < -0.3 is 10.5 Å². The Balaban J connectivity index is 2.53. The smallest absolute Gasteiger partial charge is 0.162 e. The molecule has 1 heterocycles. The average Bonchev–Trinajstić information content (AvgIpc) is 2.32. The normalized spacial score (nSPS) is 10.5. The lowest BCUT2D eigenvalue weighted by molar-refractivity contribution is 0.340. The summed E-state index contributed by atoms with van der Waals surface area (Å²) in [6, 6.07) is 5.44. The van der Waals surface area contributed by atoms with Crippen molar-refractivity contribution in [1.82, 2.24) is 9.97 Å². The van der Waals surface area contributed by atoms with E-state index in [1.54, 1.807) is 6.07 Å². The van der Waals surface area contributed by atoms with Gasteiger partial charge in [0.25, 0.3) is 0 Å². The maximum absolute atomic E-state index is 6.20. The fourth-order valence-electron chi connectivity index (χ4n) is 1.88. The number of aromatic nitrogens is 2. The molecule has 0 aliphatic rings. The van der Waals surface area contributed by atoms with E-state index in [1.807, 2.05) is 32.9 Å². The predicted molar refractivity (Wildman–Crippen MR) is 77.5 cm³/mol. The summed E-state index contributed by atoms with van der Waals surface area (Å²) in [5.74, 6) is 1.71. The van der Waals surface area contributed by atoms with Gasteiger partial charge in [-0.3, -0.25) is 0 Å². The molecule has 100 valence electrons. The van der Waals surface area contributed by atoms with Gasteiger partial charge in [0.2, 0.25) is 0 Å². The van der Waals surface area contributed by atoms with Crippen LogP contribution < -0.4 is 10.5 Å². The topological polar surface area (TPSA) is 61.0 Å². The van der Waals surface area contributed by atoms with E-state index in [4.69, 9.17) is 22.1 Å². The SMILES string of the molecule is CCOc1cc(C)c(-c2nc(C)cc(N)n2)cc1Cl. The number of aryl methyl sites for hydroxylation is 2. The molecule has 19 heavy (non-hydrogen) atoms. The van der Waals surface area contributed by atoms with Crippen molar-refractivity contribution in [3.63, 3.8) is 0 Å². The highest BCUT2D eigenvalue weighted by molar-refractivity contribution is 6.32. The number of hydrogen-bond donors (Lipinski definition) is 1. The van der Waals surface area contributed by atoms with E-state index in [-0.39, 0.29) is 0 Å². The molecule has 2 aromatic rings. The van der Waals surface area contributed by atoms with Crippen molar-refractivity contribution in [2.24, 2.45) is 0 Å². The summed E-state index contributed by atoms with van der Waals surface area (Å²) >= 11 is 6.20. The molecule has 0 unspecified atom stereocenters. The fourth-order valence-corrected chi connectivity index (χ4v) is 2.09. The Kier molecular flexibility index (Phi) is 3.90. The van der Waals surface area contributed by atoms with Crippen molar-refractivity contribution in [2.45, 2.75) is 20.8 Å². The van der Waals surface area contributed by atoms with Gasteiger partial charge in [-0.2, -0.15) is 0 Å². The van der Waals surface area contributed by atoms with Crippen molar-refractivity contribution < 1.29 is 4.74 Å². The third-order valence-corrected chi connectivity index (χ3v) is 2.99. The quantitative estimate of drug-likeness (QED) is 0.934. The standard InChI is InChI=1S/C14H16ClN3O/c1-4-19-12-5-8(2)10(7-11(12)15)14-17-9(3)6-13(16)18-14/h5-7H,4H2,1-3H3,(H2,16,17,18). The minimum Gasteiger partial charge on any atom is -0.492 e. The van der Waals surface area contributed by atoms with Crippen molar-refractivity contribution >= 4 is 17.4 Å². The molecule has 0 radical (unpaired) electrons. The first-order valence-electron chi connectivity index (χ1n) is 6.05. The summed E-state index contributed by atoms with van der Waals surface area (Å²) in [4.78, 5) is 8.64. The molecule has 5 heteroatoms. The fraction of sp³-hybridized carbons (Fsp3) is 0.286. The highest BCUT2D eigenvalue weighted by atomic mass is 35.5. The Hall–Kier alpha value is -1.81. The zero-order chi connectivity index (χ0) is 14.0. The number of nitrogens with zero attached hydrogens (tertiary/aromatic N) is 2. The van der Waals surface area contributed by atoms with Crippen LogP contribution >= 0.6 is 11.6 Å². The zero-order valence-corrected chi connectivity index (χ0v) is 12.0. The maximum Gasteiger partial charge on any atom is 0.162 e. The second kappa shape index (κ2) is 5.45. The van der Waals surface area contributed by atoms with Crippen molar-refractivity contribution in [2.75, 3.05) is 12.3 Å². The van der Waals surface area contributed by atoms with Gasteiger partial charge in [-0.05, 0) is 38.5 Å². The zero-order valence-electron chi connectivity index (χ0n) is 11.2. The van der Waals surface area contributed by atoms with Crippen LogP contribution in [0.2, 0.25) is 5.02 Å². The van der Waals surface area contributed by atoms with Gasteiger partial charge in [0.1, 0.15) is 11.6 Å². The van der Waals surface area contributed by atoms with Crippen LogP contribution in [0.1, 0.15) is 18.2 Å². The third-order valence-electron chi connectivity index (χ3n) is 2.69. The molecule has 1 aromatic carbocycles. The van der Waals surface area contributed by atoms with Crippen LogP contribution in [-0.4, -0.2) is 16.6 Å². The summed E-state index contributed by atoms with van der Waals surface area (Å²) in [5, 5.41) is 0.547. The van der Waals surface area contributed by atoms with Crippen molar-refractivity contribution in [3.05, 3.63) is 34.5 Å². The molecule has 0 bridgehead atoms. The number of ether oxygens (including phenoxy) is 1.